The maximum Gasteiger partial charge on any atom is 0.472 e. The number of hydrogen-bond donors (Lipinski definition) is 1. The number of carbonyl (C=O) groups excluding carboxylic acids is 2. The first-order chi connectivity index (χ1) is 31.5. The summed E-state index contributed by atoms with van der Waals surface area (Å²) in [7, 11) is 1.45. The number of hydrogen-bond acceptors (Lipinski definition) is 7. The summed E-state index contributed by atoms with van der Waals surface area (Å²) in [6.07, 6.45) is 58.5. The minimum Gasteiger partial charge on any atom is -0.462 e. The van der Waals surface area contributed by atoms with Crippen molar-refractivity contribution in [3.8, 4) is 0 Å². The van der Waals surface area contributed by atoms with Crippen LogP contribution in [0.2, 0.25) is 0 Å². The van der Waals surface area contributed by atoms with E-state index in [0.29, 0.717) is 17.4 Å². The van der Waals surface area contributed by atoms with Crippen LogP contribution in [0.3, 0.4) is 0 Å². The minimum atomic E-state index is -4.39. The summed E-state index contributed by atoms with van der Waals surface area (Å²) in [5, 5.41) is 0. The van der Waals surface area contributed by atoms with Gasteiger partial charge in [0.1, 0.15) is 19.8 Å². The monoisotopic (exact) mass is 935 g/mol. The molecular formula is C55H101NO8P+. The van der Waals surface area contributed by atoms with E-state index in [1.165, 1.54) is 122 Å². The van der Waals surface area contributed by atoms with Gasteiger partial charge in [0, 0.05) is 12.8 Å². The molecule has 0 aromatic carbocycles. The van der Waals surface area contributed by atoms with Crippen molar-refractivity contribution < 1.29 is 42.1 Å². The SMILES string of the molecule is CC/C=C/C/C=C/C/C=C/C/C=C/C/C=C/CCCCCC(=O)O[C@H](COC(=O)CCCCCCCCCCCCCCCCCCCCCCCC)COP(=O)(O)OCC[N+](C)(C)C. The second kappa shape index (κ2) is 46.8. The van der Waals surface area contributed by atoms with E-state index < -0.39 is 26.5 Å². The van der Waals surface area contributed by atoms with Gasteiger partial charge in [-0.25, -0.2) is 4.57 Å². The van der Waals surface area contributed by atoms with E-state index in [-0.39, 0.29) is 32.0 Å². The molecule has 1 unspecified atom stereocenters. The first kappa shape index (κ1) is 62.7. The lowest BCUT2D eigenvalue weighted by atomic mass is 10.0. The summed E-state index contributed by atoms with van der Waals surface area (Å²) in [6.45, 7) is 4.30. The van der Waals surface area contributed by atoms with E-state index in [1.54, 1.807) is 0 Å². The smallest absolute Gasteiger partial charge is 0.462 e. The highest BCUT2D eigenvalue weighted by atomic mass is 31.2. The molecule has 0 amide bonds. The Kier molecular flexibility index (Phi) is 45.2. The van der Waals surface area contributed by atoms with E-state index in [1.807, 2.05) is 21.1 Å². The maximum atomic E-state index is 12.8. The molecule has 0 heterocycles. The second-order valence-corrected chi connectivity index (χ2v) is 20.3. The van der Waals surface area contributed by atoms with Crippen LogP contribution in [-0.2, 0) is 32.7 Å². The molecule has 0 saturated carbocycles. The molecule has 0 bridgehead atoms. The molecule has 0 spiro atoms. The number of esters is 2. The number of allylic oxidation sites excluding steroid dienone is 10. The molecule has 0 rings (SSSR count). The number of ether oxygens (including phenoxy) is 2. The molecule has 2 atom stereocenters. The average molecular weight is 935 g/mol. The van der Waals surface area contributed by atoms with Crippen molar-refractivity contribution in [1.82, 2.24) is 0 Å². The van der Waals surface area contributed by atoms with Crippen LogP contribution < -0.4 is 0 Å². The van der Waals surface area contributed by atoms with Gasteiger partial charge in [0.25, 0.3) is 0 Å². The Labute approximate surface area is 400 Å². The van der Waals surface area contributed by atoms with Crippen molar-refractivity contribution in [2.24, 2.45) is 0 Å². The van der Waals surface area contributed by atoms with Gasteiger partial charge in [-0.2, -0.15) is 0 Å². The van der Waals surface area contributed by atoms with Crippen LogP contribution in [0.15, 0.2) is 60.8 Å². The van der Waals surface area contributed by atoms with E-state index in [4.69, 9.17) is 18.5 Å². The number of quaternary nitrogens is 1. The Morgan fingerprint density at radius 1 is 0.492 bits per heavy atom. The molecule has 9 nitrogen and oxygen atoms in total. The molecule has 0 aromatic heterocycles. The van der Waals surface area contributed by atoms with E-state index in [9.17, 15) is 19.0 Å². The minimum absolute atomic E-state index is 0.0237. The lowest BCUT2D eigenvalue weighted by molar-refractivity contribution is -0.870. The van der Waals surface area contributed by atoms with Crippen LogP contribution in [0, 0.1) is 0 Å². The lowest BCUT2D eigenvalue weighted by Crippen LogP contribution is -2.37. The molecule has 0 aliphatic carbocycles. The number of unbranched alkanes of at least 4 members (excludes halogenated alkanes) is 24. The highest BCUT2D eigenvalue weighted by Crippen LogP contribution is 2.43. The molecule has 0 fully saturated rings. The zero-order chi connectivity index (χ0) is 47.8. The fraction of sp³-hybridized carbons (Fsp3) is 0.782. The molecule has 0 aromatic rings. The van der Waals surface area contributed by atoms with Crippen LogP contribution in [0.1, 0.15) is 226 Å². The van der Waals surface area contributed by atoms with Gasteiger partial charge in [-0.15, -0.1) is 0 Å². The molecule has 378 valence electrons. The predicted octanol–water partition coefficient (Wildman–Crippen LogP) is 16.0. The standard InChI is InChI=1S/C55H100NO8P/c1-6-8-10-12-14-16-18-20-22-24-26-27-28-30-31-33-35-37-39-41-43-45-47-54(57)61-51-53(52-63-65(59,60)62-50-49-56(3,4)5)64-55(58)48-46-44-42-40-38-36-34-32-29-25-23-21-19-17-15-13-11-9-7-2/h9,11,15,17,21,23,29,32,36,38,53H,6-8,10,12-14,16,18-20,22,24-28,30-31,33-35,37,39-52H2,1-5H3/p+1/b11-9+,17-15+,23-21+,32-29+,38-36+/t53-/m1/s1. The third kappa shape index (κ3) is 51.0. The van der Waals surface area contributed by atoms with Crippen molar-refractivity contribution in [2.45, 2.75) is 232 Å². The maximum absolute atomic E-state index is 12.8. The Balaban J connectivity index is 4.26. The summed E-state index contributed by atoms with van der Waals surface area (Å²) in [5.74, 6) is -0.830. The summed E-state index contributed by atoms with van der Waals surface area (Å²) < 4.78 is 34.4. The zero-order valence-corrected chi connectivity index (χ0v) is 43.6. The first-order valence-corrected chi connectivity index (χ1v) is 28.0. The summed E-state index contributed by atoms with van der Waals surface area (Å²) in [6, 6.07) is 0. The number of phosphoric acid groups is 1. The third-order valence-electron chi connectivity index (χ3n) is 11.3. The van der Waals surface area contributed by atoms with Gasteiger partial charge in [0.15, 0.2) is 6.10 Å². The molecule has 10 heteroatoms. The van der Waals surface area contributed by atoms with Crippen LogP contribution in [0.25, 0.3) is 0 Å². The zero-order valence-electron chi connectivity index (χ0n) is 42.7. The second-order valence-electron chi connectivity index (χ2n) is 18.9. The summed E-state index contributed by atoms with van der Waals surface area (Å²) >= 11 is 0. The van der Waals surface area contributed by atoms with Crippen LogP contribution >= 0.6 is 7.82 Å². The number of carbonyl (C=O) groups is 2. The average Bonchev–Trinajstić information content (AvgIpc) is 3.26. The quantitative estimate of drug-likeness (QED) is 0.0211. The third-order valence-corrected chi connectivity index (χ3v) is 12.3. The Hall–Kier alpha value is -2.29. The van der Waals surface area contributed by atoms with Crippen molar-refractivity contribution in [2.75, 3.05) is 47.5 Å². The van der Waals surface area contributed by atoms with Gasteiger partial charge in [0.05, 0.1) is 27.7 Å². The largest absolute Gasteiger partial charge is 0.472 e. The molecular weight excluding hydrogens is 834 g/mol. The molecule has 65 heavy (non-hydrogen) atoms. The van der Waals surface area contributed by atoms with Crippen molar-refractivity contribution >= 4 is 19.8 Å². The van der Waals surface area contributed by atoms with Gasteiger partial charge in [-0.3, -0.25) is 18.6 Å². The van der Waals surface area contributed by atoms with Gasteiger partial charge in [0.2, 0.25) is 0 Å². The van der Waals surface area contributed by atoms with Gasteiger partial charge in [-0.1, -0.05) is 216 Å². The molecule has 1 N–H and O–H groups in total. The van der Waals surface area contributed by atoms with Crippen LogP contribution in [0.4, 0.5) is 0 Å². The van der Waals surface area contributed by atoms with Gasteiger partial charge >= 0.3 is 19.8 Å². The van der Waals surface area contributed by atoms with E-state index in [2.05, 4.69) is 74.6 Å². The van der Waals surface area contributed by atoms with Gasteiger partial charge < -0.3 is 18.9 Å². The number of likely N-dealkylation sites (N-methyl/N-ethyl adjacent to an activating group) is 1. The van der Waals surface area contributed by atoms with Gasteiger partial charge in [-0.05, 0) is 57.8 Å². The number of nitrogens with zero attached hydrogens (tertiary/aromatic N) is 1. The van der Waals surface area contributed by atoms with Crippen LogP contribution in [-0.4, -0.2) is 74.9 Å². The first-order valence-electron chi connectivity index (χ1n) is 26.5. The summed E-state index contributed by atoms with van der Waals surface area (Å²) in [5.41, 5.74) is 0. The van der Waals surface area contributed by atoms with Crippen LogP contribution in [0.5, 0.6) is 0 Å². The fourth-order valence-corrected chi connectivity index (χ4v) is 7.96. The fourth-order valence-electron chi connectivity index (χ4n) is 7.22. The van der Waals surface area contributed by atoms with Crippen molar-refractivity contribution in [3.05, 3.63) is 60.8 Å². The Morgan fingerprint density at radius 2 is 0.877 bits per heavy atom. The normalized spacial score (nSPS) is 13.9. The topological polar surface area (TPSA) is 108 Å². The molecule has 0 saturated heterocycles. The van der Waals surface area contributed by atoms with Crippen molar-refractivity contribution in [1.29, 1.82) is 0 Å². The van der Waals surface area contributed by atoms with E-state index >= 15 is 0 Å². The van der Waals surface area contributed by atoms with Crippen molar-refractivity contribution in [3.63, 3.8) is 0 Å². The Morgan fingerprint density at radius 3 is 1.31 bits per heavy atom. The number of rotatable bonds is 48. The highest BCUT2D eigenvalue weighted by molar-refractivity contribution is 7.47. The molecule has 0 aliphatic rings. The molecule has 0 aliphatic heterocycles. The Bertz CT molecular complexity index is 1290. The highest BCUT2D eigenvalue weighted by Gasteiger charge is 2.27. The lowest BCUT2D eigenvalue weighted by Gasteiger charge is -2.24. The molecule has 0 radical (unpaired) electrons. The number of phosphoric ester groups is 1. The summed E-state index contributed by atoms with van der Waals surface area (Å²) in [4.78, 5) is 35.6. The van der Waals surface area contributed by atoms with E-state index in [0.717, 1.165) is 70.6 Å². The predicted molar refractivity (Wildman–Crippen MR) is 275 cm³/mol.